The first-order valence-corrected chi connectivity index (χ1v) is 6.26. The molecule has 0 aliphatic carbocycles. The summed E-state index contributed by atoms with van der Waals surface area (Å²) >= 11 is 0. The van der Waals surface area contributed by atoms with Crippen LogP contribution in [0.25, 0.3) is 0 Å². The average Bonchev–Trinajstić information content (AvgIpc) is 2.37. The monoisotopic (exact) mass is 264 g/mol. The van der Waals surface area contributed by atoms with Gasteiger partial charge in [-0.05, 0) is 30.0 Å². The van der Waals surface area contributed by atoms with Gasteiger partial charge in [-0.3, -0.25) is 4.79 Å². The lowest BCUT2D eigenvalue weighted by Crippen LogP contribution is -2.41. The normalized spacial score (nSPS) is 12.2. The molecular weight excluding hydrogens is 244 g/mol. The largest absolute Gasteiger partial charge is 0.480 e. The lowest BCUT2D eigenvalue weighted by Gasteiger charge is -2.16. The maximum Gasteiger partial charge on any atom is 0.326 e. The first kappa shape index (κ1) is 15.2. The zero-order valence-electron chi connectivity index (χ0n) is 11.2. The van der Waals surface area contributed by atoms with E-state index in [-0.39, 0.29) is 11.8 Å². The Morgan fingerprint density at radius 3 is 2.58 bits per heavy atom. The number of carbonyl (C=O) groups is 2. The van der Waals surface area contributed by atoms with Crippen molar-refractivity contribution in [3.05, 3.63) is 35.4 Å². The highest BCUT2D eigenvalue weighted by Crippen LogP contribution is 2.08. The molecule has 0 spiro atoms. The molecule has 0 bridgehead atoms. The minimum atomic E-state index is -1.02. The second-order valence-electron chi connectivity index (χ2n) is 4.90. The number of benzene rings is 1. The van der Waals surface area contributed by atoms with Gasteiger partial charge in [-0.1, -0.05) is 26.0 Å². The van der Waals surface area contributed by atoms with E-state index in [1.807, 2.05) is 19.9 Å². The molecule has 5 nitrogen and oxygen atoms in total. The number of aliphatic carboxylic acids is 1. The molecule has 0 saturated heterocycles. The van der Waals surface area contributed by atoms with Crippen molar-refractivity contribution in [2.24, 2.45) is 11.7 Å². The Bertz CT molecular complexity index is 458. The van der Waals surface area contributed by atoms with Crippen LogP contribution in [0.5, 0.6) is 0 Å². The van der Waals surface area contributed by atoms with Crippen LogP contribution in [0.1, 0.15) is 36.2 Å². The van der Waals surface area contributed by atoms with Crippen molar-refractivity contribution in [2.45, 2.75) is 32.9 Å². The van der Waals surface area contributed by atoms with Crippen molar-refractivity contribution in [3.63, 3.8) is 0 Å². The molecule has 0 aliphatic rings. The molecule has 1 unspecified atom stereocenters. The fourth-order valence-corrected chi connectivity index (χ4v) is 1.77. The van der Waals surface area contributed by atoms with Gasteiger partial charge in [0.05, 0.1) is 0 Å². The van der Waals surface area contributed by atoms with Gasteiger partial charge in [-0.2, -0.15) is 0 Å². The third kappa shape index (κ3) is 4.71. The van der Waals surface area contributed by atoms with Gasteiger partial charge in [-0.15, -0.1) is 0 Å². The van der Waals surface area contributed by atoms with Gasteiger partial charge in [0.1, 0.15) is 6.04 Å². The van der Waals surface area contributed by atoms with E-state index < -0.39 is 12.0 Å². The summed E-state index contributed by atoms with van der Waals surface area (Å²) in [7, 11) is 0. The predicted molar refractivity (Wildman–Crippen MR) is 72.7 cm³/mol. The van der Waals surface area contributed by atoms with Crippen LogP contribution in [0.15, 0.2) is 24.3 Å². The average molecular weight is 264 g/mol. The Hall–Kier alpha value is -1.88. The molecular formula is C14H20N2O3. The zero-order chi connectivity index (χ0) is 14.4. The van der Waals surface area contributed by atoms with Crippen LogP contribution >= 0.6 is 0 Å². The van der Waals surface area contributed by atoms with E-state index in [2.05, 4.69) is 5.32 Å². The maximum absolute atomic E-state index is 12.0. The van der Waals surface area contributed by atoms with E-state index in [1.165, 1.54) is 0 Å². The van der Waals surface area contributed by atoms with Crippen molar-refractivity contribution in [1.29, 1.82) is 0 Å². The topological polar surface area (TPSA) is 92.4 Å². The molecule has 5 heteroatoms. The van der Waals surface area contributed by atoms with Crippen LogP contribution in [-0.2, 0) is 11.3 Å². The van der Waals surface area contributed by atoms with E-state index in [0.717, 1.165) is 5.56 Å². The van der Waals surface area contributed by atoms with Gasteiger partial charge in [0, 0.05) is 12.1 Å². The molecule has 0 aromatic heterocycles. The van der Waals surface area contributed by atoms with Crippen LogP contribution < -0.4 is 11.1 Å². The number of nitrogens with one attached hydrogen (secondary N) is 1. The highest BCUT2D eigenvalue weighted by Gasteiger charge is 2.21. The summed E-state index contributed by atoms with van der Waals surface area (Å²) in [6.45, 7) is 4.17. The predicted octanol–water partition coefficient (Wildman–Crippen LogP) is 1.37. The number of hydrogen-bond acceptors (Lipinski definition) is 3. The summed E-state index contributed by atoms with van der Waals surface area (Å²) in [5, 5.41) is 11.6. The van der Waals surface area contributed by atoms with Crippen molar-refractivity contribution in [2.75, 3.05) is 0 Å². The van der Waals surface area contributed by atoms with E-state index in [0.29, 0.717) is 18.5 Å². The second kappa shape index (κ2) is 6.89. The van der Waals surface area contributed by atoms with Crippen LogP contribution in [0.4, 0.5) is 0 Å². The number of carboxylic acid groups (broad SMARTS) is 1. The summed E-state index contributed by atoms with van der Waals surface area (Å²) < 4.78 is 0. The van der Waals surface area contributed by atoms with E-state index in [1.54, 1.807) is 18.2 Å². The standard InChI is InChI=1S/C14H20N2O3/c1-9(2)6-12(14(18)19)16-13(17)11-5-3-4-10(7-11)8-15/h3-5,7,9,12H,6,8,15H2,1-2H3,(H,16,17)(H,18,19). The first-order valence-electron chi connectivity index (χ1n) is 6.26. The zero-order valence-corrected chi connectivity index (χ0v) is 11.2. The number of carbonyl (C=O) groups excluding carboxylic acids is 1. The Morgan fingerprint density at radius 1 is 1.37 bits per heavy atom. The van der Waals surface area contributed by atoms with Crippen LogP contribution in [-0.4, -0.2) is 23.0 Å². The van der Waals surface area contributed by atoms with Crippen molar-refractivity contribution >= 4 is 11.9 Å². The fourth-order valence-electron chi connectivity index (χ4n) is 1.77. The smallest absolute Gasteiger partial charge is 0.326 e. The van der Waals surface area contributed by atoms with E-state index >= 15 is 0 Å². The second-order valence-corrected chi connectivity index (χ2v) is 4.90. The Kier molecular flexibility index (Phi) is 5.51. The quantitative estimate of drug-likeness (QED) is 0.723. The highest BCUT2D eigenvalue weighted by atomic mass is 16.4. The molecule has 0 aliphatic heterocycles. The van der Waals surface area contributed by atoms with Crippen molar-refractivity contribution < 1.29 is 14.7 Å². The molecule has 104 valence electrons. The molecule has 1 atom stereocenters. The highest BCUT2D eigenvalue weighted by molar-refractivity contribution is 5.96. The third-order valence-electron chi connectivity index (χ3n) is 2.74. The molecule has 0 heterocycles. The number of amides is 1. The maximum atomic E-state index is 12.0. The molecule has 0 radical (unpaired) electrons. The molecule has 1 aromatic carbocycles. The third-order valence-corrected chi connectivity index (χ3v) is 2.74. The van der Waals surface area contributed by atoms with Crippen LogP contribution in [0.3, 0.4) is 0 Å². The van der Waals surface area contributed by atoms with Crippen LogP contribution in [0.2, 0.25) is 0 Å². The Labute approximate surface area is 112 Å². The van der Waals surface area contributed by atoms with Gasteiger partial charge in [0.2, 0.25) is 0 Å². The van der Waals surface area contributed by atoms with Gasteiger partial charge in [-0.25, -0.2) is 4.79 Å². The number of rotatable bonds is 6. The lowest BCUT2D eigenvalue weighted by molar-refractivity contribution is -0.139. The van der Waals surface area contributed by atoms with Gasteiger partial charge in [0.15, 0.2) is 0 Å². The summed E-state index contributed by atoms with van der Waals surface area (Å²) in [6, 6.07) is 6.00. The Morgan fingerprint density at radius 2 is 2.05 bits per heavy atom. The fraction of sp³-hybridized carbons (Fsp3) is 0.429. The van der Waals surface area contributed by atoms with E-state index in [4.69, 9.17) is 10.8 Å². The number of nitrogens with two attached hydrogens (primary N) is 1. The molecule has 0 saturated carbocycles. The van der Waals surface area contributed by atoms with Gasteiger partial charge < -0.3 is 16.2 Å². The van der Waals surface area contributed by atoms with Gasteiger partial charge in [0.25, 0.3) is 5.91 Å². The van der Waals surface area contributed by atoms with Crippen molar-refractivity contribution in [1.82, 2.24) is 5.32 Å². The lowest BCUT2D eigenvalue weighted by atomic mass is 10.0. The molecule has 4 N–H and O–H groups in total. The molecule has 1 amide bonds. The molecule has 19 heavy (non-hydrogen) atoms. The minimum Gasteiger partial charge on any atom is -0.480 e. The summed E-state index contributed by atoms with van der Waals surface area (Å²) in [5.74, 6) is -1.21. The number of hydrogen-bond donors (Lipinski definition) is 3. The van der Waals surface area contributed by atoms with Gasteiger partial charge >= 0.3 is 5.97 Å². The van der Waals surface area contributed by atoms with E-state index in [9.17, 15) is 9.59 Å². The summed E-state index contributed by atoms with van der Waals surface area (Å²) in [6.07, 6.45) is 0.400. The molecule has 1 aromatic rings. The summed E-state index contributed by atoms with van der Waals surface area (Å²) in [5.41, 5.74) is 6.77. The number of carboxylic acids is 1. The van der Waals surface area contributed by atoms with Crippen LogP contribution in [0, 0.1) is 5.92 Å². The first-order chi connectivity index (χ1) is 8.93. The molecule has 1 rings (SSSR count). The SMILES string of the molecule is CC(C)CC(NC(=O)c1cccc(CN)c1)C(=O)O. The molecule has 0 fully saturated rings. The Balaban J connectivity index is 2.78. The van der Waals surface area contributed by atoms with Crippen molar-refractivity contribution in [3.8, 4) is 0 Å². The minimum absolute atomic E-state index is 0.191. The summed E-state index contributed by atoms with van der Waals surface area (Å²) in [4.78, 5) is 23.1.